The minimum atomic E-state index is 0.563. The van der Waals surface area contributed by atoms with Gasteiger partial charge in [0.05, 0.1) is 5.52 Å². The van der Waals surface area contributed by atoms with E-state index < -0.39 is 0 Å². The third-order valence-corrected chi connectivity index (χ3v) is 7.41. The molecule has 1 aliphatic carbocycles. The lowest BCUT2D eigenvalue weighted by Gasteiger charge is -2.32. The summed E-state index contributed by atoms with van der Waals surface area (Å²) in [5.74, 6) is 1.16. The van der Waals surface area contributed by atoms with Gasteiger partial charge in [-0.3, -0.25) is 4.98 Å². The van der Waals surface area contributed by atoms with Gasteiger partial charge in [-0.15, -0.1) is 0 Å². The molecule has 0 N–H and O–H groups in total. The number of hydrogen-bond donors (Lipinski definition) is 0. The Balaban J connectivity index is 1.53. The molecule has 1 aromatic heterocycles. The Kier molecular flexibility index (Phi) is 4.31. The van der Waals surface area contributed by atoms with Gasteiger partial charge in [0.2, 0.25) is 0 Å². The predicted octanol–water partition coefficient (Wildman–Crippen LogP) is 8.07. The maximum absolute atomic E-state index is 4.57. The number of pyridine rings is 1. The van der Waals surface area contributed by atoms with Crippen LogP contribution in [0, 0.1) is 6.92 Å². The van der Waals surface area contributed by atoms with Crippen LogP contribution in [0.2, 0.25) is 0 Å². The van der Waals surface area contributed by atoms with Crippen LogP contribution >= 0.6 is 0 Å². The summed E-state index contributed by atoms with van der Waals surface area (Å²) in [7, 11) is 0. The van der Waals surface area contributed by atoms with Gasteiger partial charge in [-0.1, -0.05) is 67.6 Å². The molecule has 1 heteroatoms. The molecule has 0 saturated carbocycles. The van der Waals surface area contributed by atoms with Gasteiger partial charge in [0.1, 0.15) is 0 Å². The average Bonchev–Trinajstić information content (AvgIpc) is 2.81. The van der Waals surface area contributed by atoms with E-state index in [9.17, 15) is 0 Å². The van der Waals surface area contributed by atoms with Crippen molar-refractivity contribution in [1.82, 2.24) is 4.98 Å². The van der Waals surface area contributed by atoms with Crippen LogP contribution in [-0.2, 0) is 6.42 Å². The minimum absolute atomic E-state index is 0.563. The monoisotopic (exact) mass is 401 g/mol. The molecular weight excluding hydrogens is 374 g/mol. The molecule has 31 heavy (non-hydrogen) atoms. The molecule has 6 rings (SSSR count). The van der Waals surface area contributed by atoms with Crippen LogP contribution in [0.4, 0.5) is 0 Å². The standard InChI is InChI=1S/C30H27N/c1-19-12-13-22(18-21-7-5-11-29-24(21)10-6-16-31-29)25-14-15-27-26-9-4-3-8-23(26)20(2)17-28(27)30(19)25/h3-11,14-17,19,22H,12-13,18H2,1-2H3. The summed E-state index contributed by atoms with van der Waals surface area (Å²) in [5, 5.41) is 6.92. The van der Waals surface area contributed by atoms with Crippen molar-refractivity contribution in [2.75, 3.05) is 0 Å². The zero-order valence-corrected chi connectivity index (χ0v) is 18.2. The van der Waals surface area contributed by atoms with E-state index in [4.69, 9.17) is 0 Å². The minimum Gasteiger partial charge on any atom is -0.256 e. The molecule has 0 saturated heterocycles. The van der Waals surface area contributed by atoms with Gasteiger partial charge < -0.3 is 0 Å². The second kappa shape index (κ2) is 7.20. The highest BCUT2D eigenvalue weighted by Gasteiger charge is 2.27. The van der Waals surface area contributed by atoms with Crippen LogP contribution in [0.5, 0.6) is 0 Å². The molecule has 0 bridgehead atoms. The molecule has 152 valence electrons. The highest BCUT2D eigenvalue weighted by atomic mass is 14.6. The van der Waals surface area contributed by atoms with E-state index in [0.717, 1.165) is 11.9 Å². The third kappa shape index (κ3) is 2.95. The van der Waals surface area contributed by atoms with Crippen molar-refractivity contribution in [2.45, 2.75) is 44.9 Å². The predicted molar refractivity (Wildman–Crippen MR) is 132 cm³/mol. The van der Waals surface area contributed by atoms with Gasteiger partial charge >= 0.3 is 0 Å². The summed E-state index contributed by atoms with van der Waals surface area (Å²) in [6.45, 7) is 4.68. The number of benzene rings is 4. The Morgan fingerprint density at radius 3 is 2.48 bits per heavy atom. The first-order valence-corrected chi connectivity index (χ1v) is 11.5. The lowest BCUT2D eigenvalue weighted by Crippen LogP contribution is -2.15. The summed E-state index contributed by atoms with van der Waals surface area (Å²) in [6, 6.07) is 27.0. The van der Waals surface area contributed by atoms with Gasteiger partial charge in [-0.05, 0) is 94.0 Å². The smallest absolute Gasteiger partial charge is 0.0704 e. The molecule has 1 heterocycles. The number of fused-ring (bicyclic) bond motifs is 6. The second-order valence-corrected chi connectivity index (χ2v) is 9.27. The van der Waals surface area contributed by atoms with Crippen molar-refractivity contribution in [1.29, 1.82) is 0 Å². The van der Waals surface area contributed by atoms with Crippen LogP contribution in [-0.4, -0.2) is 4.98 Å². The largest absolute Gasteiger partial charge is 0.256 e. The summed E-state index contributed by atoms with van der Waals surface area (Å²) in [4.78, 5) is 4.57. The molecule has 2 atom stereocenters. The van der Waals surface area contributed by atoms with Crippen molar-refractivity contribution in [3.05, 3.63) is 101 Å². The normalized spacial score (nSPS) is 18.5. The maximum atomic E-state index is 4.57. The first-order valence-electron chi connectivity index (χ1n) is 11.5. The van der Waals surface area contributed by atoms with Crippen LogP contribution in [0.1, 0.15) is 53.9 Å². The molecule has 1 aliphatic rings. The zero-order chi connectivity index (χ0) is 20.9. The lowest BCUT2D eigenvalue weighted by atomic mass is 9.73. The zero-order valence-electron chi connectivity index (χ0n) is 18.2. The van der Waals surface area contributed by atoms with Crippen molar-refractivity contribution in [3.63, 3.8) is 0 Å². The van der Waals surface area contributed by atoms with Crippen molar-refractivity contribution in [2.24, 2.45) is 0 Å². The Morgan fingerprint density at radius 1 is 0.774 bits per heavy atom. The lowest BCUT2D eigenvalue weighted by molar-refractivity contribution is 0.504. The van der Waals surface area contributed by atoms with Crippen molar-refractivity contribution >= 4 is 32.4 Å². The molecule has 2 unspecified atom stereocenters. The molecule has 1 nitrogen and oxygen atoms in total. The average molecular weight is 402 g/mol. The van der Waals surface area contributed by atoms with Crippen molar-refractivity contribution in [3.8, 4) is 0 Å². The summed E-state index contributed by atoms with van der Waals surface area (Å²) < 4.78 is 0. The number of aryl methyl sites for hydroxylation is 1. The maximum Gasteiger partial charge on any atom is 0.0704 e. The fourth-order valence-corrected chi connectivity index (χ4v) is 5.88. The molecular formula is C30H27N. The first-order chi connectivity index (χ1) is 15.2. The Bertz CT molecular complexity index is 1440. The van der Waals surface area contributed by atoms with Gasteiger partial charge in [-0.2, -0.15) is 0 Å². The topological polar surface area (TPSA) is 12.9 Å². The molecule has 4 aromatic carbocycles. The van der Waals surface area contributed by atoms with Crippen LogP contribution in [0.15, 0.2) is 79.0 Å². The van der Waals surface area contributed by atoms with Gasteiger partial charge in [0, 0.05) is 11.6 Å². The fraction of sp³-hybridized carbons (Fsp3) is 0.233. The Morgan fingerprint density at radius 2 is 1.58 bits per heavy atom. The SMILES string of the molecule is Cc1cc2c3c(ccc2c2ccccc12)C(Cc1cccc2ncccc12)CCC3C. The number of rotatable bonds is 2. The van der Waals surface area contributed by atoms with Crippen LogP contribution in [0.25, 0.3) is 32.4 Å². The molecule has 0 aliphatic heterocycles. The van der Waals surface area contributed by atoms with E-state index in [2.05, 4.69) is 91.6 Å². The Labute approximate surface area is 183 Å². The molecule has 0 radical (unpaired) electrons. The van der Waals surface area contributed by atoms with E-state index in [-0.39, 0.29) is 0 Å². The summed E-state index contributed by atoms with van der Waals surface area (Å²) in [6.07, 6.45) is 5.48. The Hall–Kier alpha value is -3.19. The number of aromatic nitrogens is 1. The van der Waals surface area contributed by atoms with Crippen LogP contribution < -0.4 is 0 Å². The molecule has 5 aromatic rings. The highest BCUT2D eigenvalue weighted by Crippen LogP contribution is 2.45. The quantitative estimate of drug-likeness (QED) is 0.272. The highest BCUT2D eigenvalue weighted by molar-refractivity contribution is 6.10. The van der Waals surface area contributed by atoms with E-state index in [0.29, 0.717) is 11.8 Å². The number of nitrogens with zero attached hydrogens (tertiary/aromatic N) is 1. The third-order valence-electron chi connectivity index (χ3n) is 7.41. The van der Waals surface area contributed by atoms with E-state index in [1.54, 1.807) is 11.1 Å². The molecule has 0 amide bonds. The van der Waals surface area contributed by atoms with E-state index in [1.807, 2.05) is 6.20 Å². The summed E-state index contributed by atoms with van der Waals surface area (Å²) >= 11 is 0. The van der Waals surface area contributed by atoms with Gasteiger partial charge in [-0.25, -0.2) is 0 Å². The van der Waals surface area contributed by atoms with Crippen molar-refractivity contribution < 1.29 is 0 Å². The van der Waals surface area contributed by atoms with E-state index >= 15 is 0 Å². The van der Waals surface area contributed by atoms with E-state index in [1.165, 1.54) is 50.9 Å². The first kappa shape index (κ1) is 18.6. The molecule has 0 spiro atoms. The molecule has 0 fully saturated rings. The van der Waals surface area contributed by atoms with Gasteiger partial charge in [0.25, 0.3) is 0 Å². The van der Waals surface area contributed by atoms with Gasteiger partial charge in [0.15, 0.2) is 0 Å². The summed E-state index contributed by atoms with van der Waals surface area (Å²) in [5.41, 5.74) is 7.05. The van der Waals surface area contributed by atoms with Crippen LogP contribution in [0.3, 0.4) is 0 Å². The second-order valence-electron chi connectivity index (χ2n) is 9.27. The fourth-order valence-electron chi connectivity index (χ4n) is 5.88. The number of hydrogen-bond acceptors (Lipinski definition) is 1.